The summed E-state index contributed by atoms with van der Waals surface area (Å²) in [6.07, 6.45) is 7.21. The highest BCUT2D eigenvalue weighted by Crippen LogP contribution is 2.73. The zero-order valence-electron chi connectivity index (χ0n) is 25.1. The number of fused-ring (bicyclic) bond motifs is 3. The van der Waals surface area contributed by atoms with Crippen molar-refractivity contribution in [2.75, 3.05) is 6.61 Å². The van der Waals surface area contributed by atoms with Crippen molar-refractivity contribution in [1.29, 1.82) is 0 Å². The van der Waals surface area contributed by atoms with Gasteiger partial charge in [-0.1, -0.05) is 58.3 Å². The number of ketones is 1. The third-order valence-electron chi connectivity index (χ3n) is 10.9. The molecule has 0 aromatic heterocycles. The van der Waals surface area contributed by atoms with Crippen molar-refractivity contribution in [3.05, 3.63) is 36.0 Å². The Morgan fingerprint density at radius 2 is 1.86 bits per heavy atom. The van der Waals surface area contributed by atoms with E-state index in [-0.39, 0.29) is 5.57 Å². The molecule has 5 fully saturated rings. The molecule has 3 N–H and O–H groups in total. The maximum Gasteiger partial charge on any atom is 0.306 e. The van der Waals surface area contributed by atoms with Crippen LogP contribution < -0.4 is 0 Å². The Balaban J connectivity index is 1.52. The van der Waals surface area contributed by atoms with Crippen LogP contribution in [-0.4, -0.2) is 86.5 Å². The van der Waals surface area contributed by atoms with E-state index < -0.39 is 88.9 Å². The number of epoxide rings is 1. The molecule has 6 aliphatic rings. The number of Topliss-reactive ketones (excluding diaryl/α,β-unsaturated/α-hetero) is 1. The van der Waals surface area contributed by atoms with E-state index in [0.29, 0.717) is 5.57 Å². The average molecular weight is 589 g/mol. The average Bonchev–Trinajstić information content (AvgIpc) is 3.57. The van der Waals surface area contributed by atoms with Gasteiger partial charge in [-0.15, -0.1) is 0 Å². The second-order valence-electron chi connectivity index (χ2n) is 13.3. The fraction of sp³-hybridized carbons (Fsp3) is 0.750. The first-order valence-electron chi connectivity index (χ1n) is 15.3. The van der Waals surface area contributed by atoms with Crippen LogP contribution in [0.4, 0.5) is 0 Å². The van der Waals surface area contributed by atoms with Crippen molar-refractivity contribution in [2.24, 2.45) is 17.8 Å². The summed E-state index contributed by atoms with van der Waals surface area (Å²) in [5, 5.41) is 34.5. The molecule has 42 heavy (non-hydrogen) atoms. The normalized spacial score (nSPS) is 49.8. The zero-order valence-corrected chi connectivity index (χ0v) is 25.1. The van der Waals surface area contributed by atoms with Crippen LogP contribution in [0.5, 0.6) is 0 Å². The van der Waals surface area contributed by atoms with Gasteiger partial charge in [0.15, 0.2) is 17.0 Å². The van der Waals surface area contributed by atoms with Gasteiger partial charge in [-0.3, -0.25) is 9.59 Å². The Kier molecular flexibility index (Phi) is 7.02. The molecule has 3 heterocycles. The Bertz CT molecular complexity index is 1240. The fourth-order valence-electron chi connectivity index (χ4n) is 8.90. The fourth-order valence-corrected chi connectivity index (χ4v) is 8.90. The molecule has 0 aromatic rings. The minimum absolute atomic E-state index is 0.259. The van der Waals surface area contributed by atoms with Gasteiger partial charge in [-0.25, -0.2) is 0 Å². The number of rotatable bonds is 10. The first-order chi connectivity index (χ1) is 19.8. The molecule has 0 spiro atoms. The Morgan fingerprint density at radius 1 is 1.14 bits per heavy atom. The van der Waals surface area contributed by atoms with Crippen molar-refractivity contribution >= 4 is 11.8 Å². The lowest BCUT2D eigenvalue weighted by atomic mass is 9.53. The number of unbranched alkanes of at least 4 members (excludes halogenated alkanes) is 5. The summed E-state index contributed by atoms with van der Waals surface area (Å²) in [6, 6.07) is 0. The van der Waals surface area contributed by atoms with Gasteiger partial charge in [0, 0.05) is 30.8 Å². The minimum Gasteiger partial charge on any atom is -0.459 e. The lowest BCUT2D eigenvalue weighted by Crippen LogP contribution is -2.76. The molecule has 10 nitrogen and oxygen atoms in total. The van der Waals surface area contributed by atoms with Crippen LogP contribution >= 0.6 is 0 Å². The van der Waals surface area contributed by atoms with Gasteiger partial charge in [0.05, 0.1) is 12.2 Å². The smallest absolute Gasteiger partial charge is 0.306 e. The van der Waals surface area contributed by atoms with Crippen molar-refractivity contribution in [1.82, 2.24) is 0 Å². The Morgan fingerprint density at radius 3 is 2.50 bits per heavy atom. The predicted molar refractivity (Wildman–Crippen MR) is 149 cm³/mol. The first-order valence-corrected chi connectivity index (χ1v) is 15.3. The maximum absolute atomic E-state index is 13.7. The van der Waals surface area contributed by atoms with Gasteiger partial charge < -0.3 is 39.0 Å². The summed E-state index contributed by atoms with van der Waals surface area (Å²) >= 11 is 0. The molecule has 3 aliphatic carbocycles. The number of carbonyl (C=O) groups excluding carboxylic acids is 2. The molecule has 0 amide bonds. The van der Waals surface area contributed by atoms with Gasteiger partial charge in [-0.05, 0) is 37.8 Å². The summed E-state index contributed by atoms with van der Waals surface area (Å²) in [7, 11) is 0. The van der Waals surface area contributed by atoms with Crippen molar-refractivity contribution in [2.45, 2.75) is 126 Å². The quantitative estimate of drug-likeness (QED) is 0.151. The van der Waals surface area contributed by atoms with E-state index in [2.05, 4.69) is 13.5 Å². The first kappa shape index (κ1) is 30.1. The molecule has 232 valence electrons. The minimum atomic E-state index is -2.37. The van der Waals surface area contributed by atoms with Crippen LogP contribution in [0.3, 0.4) is 0 Å². The number of aliphatic hydroxyl groups is 3. The number of ether oxygens (including phenoxy) is 5. The lowest BCUT2D eigenvalue weighted by Gasteiger charge is -2.61. The van der Waals surface area contributed by atoms with Crippen LogP contribution in [-0.2, 0) is 33.3 Å². The number of hydrogen-bond acceptors (Lipinski definition) is 10. The number of aliphatic hydroxyl groups excluding tert-OH is 2. The van der Waals surface area contributed by atoms with Crippen LogP contribution in [0.25, 0.3) is 0 Å². The molecule has 2 saturated carbocycles. The number of carbonyl (C=O) groups is 2. The molecule has 3 saturated heterocycles. The summed E-state index contributed by atoms with van der Waals surface area (Å²) in [6.45, 7) is 12.3. The third kappa shape index (κ3) is 3.57. The molecule has 3 bridgehead atoms. The molecule has 0 aromatic carbocycles. The van der Waals surface area contributed by atoms with E-state index >= 15 is 0 Å². The van der Waals surface area contributed by atoms with Crippen molar-refractivity contribution in [3.8, 4) is 0 Å². The zero-order chi connectivity index (χ0) is 30.5. The van der Waals surface area contributed by atoms with Crippen LogP contribution in [0.15, 0.2) is 36.0 Å². The van der Waals surface area contributed by atoms with Crippen LogP contribution in [0.2, 0.25) is 0 Å². The monoisotopic (exact) mass is 588 g/mol. The summed E-state index contributed by atoms with van der Waals surface area (Å²) in [5.74, 6) is -5.45. The Labute approximate surface area is 246 Å². The van der Waals surface area contributed by atoms with Gasteiger partial charge >= 0.3 is 11.9 Å². The van der Waals surface area contributed by atoms with Gasteiger partial charge in [-0.2, -0.15) is 0 Å². The van der Waals surface area contributed by atoms with Crippen molar-refractivity contribution in [3.63, 3.8) is 0 Å². The van der Waals surface area contributed by atoms with Gasteiger partial charge in [0.2, 0.25) is 0 Å². The highest BCUT2D eigenvalue weighted by molar-refractivity contribution is 6.05. The van der Waals surface area contributed by atoms with Crippen LogP contribution in [0, 0.1) is 17.8 Å². The Hall–Kier alpha value is -1.92. The number of hydrogen-bond donors (Lipinski definition) is 3. The highest BCUT2D eigenvalue weighted by Gasteiger charge is 2.90. The van der Waals surface area contributed by atoms with E-state index in [4.69, 9.17) is 23.7 Å². The van der Waals surface area contributed by atoms with E-state index in [1.54, 1.807) is 26.0 Å². The van der Waals surface area contributed by atoms with Crippen LogP contribution in [0.1, 0.15) is 73.1 Å². The standard InChI is InChI=1S/C32H44O10/c1-7-8-9-10-11-12-13-14-29-40-26-22-25-28(16-33,39-25)27(36)30(37)21(15-18(4)23(30)35)32(22,42-29)19(5)24(38-20(6)34)31(26,41-29)17(2)3/h13-15,19,21-22,24-27,33,36-37H,2,7-12,16H2,1,3-6H3. The molecular formula is C32H44O10. The van der Waals surface area contributed by atoms with Crippen molar-refractivity contribution < 1.29 is 48.6 Å². The highest BCUT2D eigenvalue weighted by atomic mass is 16.9. The topological polar surface area (TPSA) is 144 Å². The molecule has 12 unspecified atom stereocenters. The largest absolute Gasteiger partial charge is 0.459 e. The molecule has 12 atom stereocenters. The SMILES string of the molecule is C=C(C)C12OC3(C=CCCCCCCC)OC1C1C4OC4(CO)C(O)C4(O)C(=O)C(C)=CC4C1(O3)C(C)C2OC(C)=O. The number of esters is 1. The molecule has 6 rings (SSSR count). The van der Waals surface area contributed by atoms with Gasteiger partial charge in [0.1, 0.15) is 30.0 Å². The summed E-state index contributed by atoms with van der Waals surface area (Å²) in [4.78, 5) is 26.2. The molecule has 0 radical (unpaired) electrons. The molecular weight excluding hydrogens is 544 g/mol. The van der Waals surface area contributed by atoms with Gasteiger partial charge in [0.25, 0.3) is 0 Å². The second-order valence-corrected chi connectivity index (χ2v) is 13.3. The number of allylic oxidation sites excluding steroid dienone is 1. The third-order valence-corrected chi connectivity index (χ3v) is 10.9. The van der Waals surface area contributed by atoms with E-state index in [0.717, 1.165) is 32.1 Å². The summed E-state index contributed by atoms with van der Waals surface area (Å²) < 4.78 is 32.5. The lowest BCUT2D eigenvalue weighted by molar-refractivity contribution is -0.407. The molecule has 3 aliphatic heterocycles. The summed E-state index contributed by atoms with van der Waals surface area (Å²) in [5.41, 5.74) is -6.02. The van der Waals surface area contributed by atoms with E-state index in [1.807, 2.05) is 13.0 Å². The molecule has 10 heteroatoms. The maximum atomic E-state index is 13.7. The van der Waals surface area contributed by atoms with E-state index in [1.165, 1.54) is 13.3 Å². The predicted octanol–water partition coefficient (Wildman–Crippen LogP) is 2.63. The second kappa shape index (κ2) is 9.79. The van der Waals surface area contributed by atoms with E-state index in [9.17, 15) is 24.9 Å².